The molecule has 2 atom stereocenters. The van der Waals surface area contributed by atoms with E-state index in [4.69, 9.17) is 11.6 Å². The van der Waals surface area contributed by atoms with E-state index in [1.807, 2.05) is 19.0 Å². The van der Waals surface area contributed by atoms with E-state index in [0.29, 0.717) is 18.7 Å². The molecular formula is C15H20ClFN2O2. The fraction of sp³-hybridized carbons (Fsp3) is 0.533. The van der Waals surface area contributed by atoms with Gasteiger partial charge in [-0.1, -0.05) is 11.6 Å². The minimum atomic E-state index is -0.544. The first-order valence-corrected chi connectivity index (χ1v) is 7.33. The first kappa shape index (κ1) is 16.2. The summed E-state index contributed by atoms with van der Waals surface area (Å²) in [5.41, 5.74) is 0.347. The molecule has 0 unspecified atom stereocenters. The van der Waals surface area contributed by atoms with Crippen molar-refractivity contribution in [3.8, 4) is 0 Å². The maximum Gasteiger partial charge on any atom is 0.253 e. The number of carbonyl (C=O) groups is 1. The molecule has 0 aromatic heterocycles. The number of β-amino-alcohol motifs (C(OH)–C–C–N with tert-alkyl or cyclic N) is 1. The van der Waals surface area contributed by atoms with Crippen LogP contribution < -0.4 is 0 Å². The van der Waals surface area contributed by atoms with Gasteiger partial charge in [0.1, 0.15) is 5.82 Å². The average Bonchev–Trinajstić information content (AvgIpc) is 2.43. The zero-order valence-electron chi connectivity index (χ0n) is 12.2. The fourth-order valence-electron chi connectivity index (χ4n) is 2.66. The lowest BCUT2D eigenvalue weighted by Gasteiger charge is -2.37. The Morgan fingerprint density at radius 3 is 2.81 bits per heavy atom. The summed E-state index contributed by atoms with van der Waals surface area (Å²) in [6.07, 6.45) is 0.209. The van der Waals surface area contributed by atoms with Gasteiger partial charge in [0.05, 0.1) is 11.1 Å². The van der Waals surface area contributed by atoms with Gasteiger partial charge in [0, 0.05) is 31.1 Å². The van der Waals surface area contributed by atoms with E-state index in [1.54, 1.807) is 4.90 Å². The number of hydrogen-bond donors (Lipinski definition) is 1. The lowest BCUT2D eigenvalue weighted by molar-refractivity contribution is 0.0124. The van der Waals surface area contributed by atoms with Crippen molar-refractivity contribution in [2.24, 2.45) is 5.92 Å². The highest BCUT2D eigenvalue weighted by atomic mass is 35.5. The van der Waals surface area contributed by atoms with Gasteiger partial charge in [0.25, 0.3) is 5.91 Å². The zero-order valence-corrected chi connectivity index (χ0v) is 13.0. The Kier molecular flexibility index (Phi) is 5.19. The second kappa shape index (κ2) is 6.73. The highest BCUT2D eigenvalue weighted by Gasteiger charge is 2.30. The lowest BCUT2D eigenvalue weighted by Crippen LogP contribution is -2.49. The fourth-order valence-corrected chi connectivity index (χ4v) is 2.84. The molecule has 0 aliphatic carbocycles. The SMILES string of the molecule is CN(C)C[C@@H]1CCN(C(=O)c2ccc(F)c(Cl)c2)C[C@H]1O. The molecule has 0 saturated carbocycles. The number of benzene rings is 1. The van der Waals surface area contributed by atoms with E-state index in [9.17, 15) is 14.3 Å². The van der Waals surface area contributed by atoms with Gasteiger partial charge in [0.2, 0.25) is 0 Å². The van der Waals surface area contributed by atoms with Crippen LogP contribution in [-0.4, -0.2) is 60.6 Å². The largest absolute Gasteiger partial charge is 0.391 e. The van der Waals surface area contributed by atoms with Crippen LogP contribution in [0.5, 0.6) is 0 Å². The van der Waals surface area contributed by atoms with E-state index in [1.165, 1.54) is 18.2 Å². The molecule has 1 heterocycles. The first-order valence-electron chi connectivity index (χ1n) is 6.95. The molecule has 1 amide bonds. The summed E-state index contributed by atoms with van der Waals surface area (Å²) < 4.78 is 13.1. The molecule has 1 aliphatic rings. The molecule has 1 aromatic rings. The minimum absolute atomic E-state index is 0.0658. The van der Waals surface area contributed by atoms with Crippen LogP contribution in [0.15, 0.2) is 18.2 Å². The summed E-state index contributed by atoms with van der Waals surface area (Å²) in [6.45, 7) is 1.68. The van der Waals surface area contributed by atoms with Crippen molar-refractivity contribution in [2.45, 2.75) is 12.5 Å². The molecule has 4 nitrogen and oxygen atoms in total. The Morgan fingerprint density at radius 1 is 1.52 bits per heavy atom. The van der Waals surface area contributed by atoms with Crippen molar-refractivity contribution in [2.75, 3.05) is 33.7 Å². The van der Waals surface area contributed by atoms with Gasteiger partial charge in [-0.3, -0.25) is 4.79 Å². The van der Waals surface area contributed by atoms with Crippen LogP contribution in [0, 0.1) is 11.7 Å². The maximum atomic E-state index is 13.1. The Balaban J connectivity index is 2.03. The van der Waals surface area contributed by atoms with Crippen molar-refractivity contribution >= 4 is 17.5 Å². The number of aliphatic hydroxyl groups is 1. The molecule has 1 fully saturated rings. The van der Waals surface area contributed by atoms with Crippen LogP contribution in [0.1, 0.15) is 16.8 Å². The quantitative estimate of drug-likeness (QED) is 0.926. The summed E-state index contributed by atoms with van der Waals surface area (Å²) in [7, 11) is 3.93. The first-order chi connectivity index (χ1) is 9.88. The molecular weight excluding hydrogens is 295 g/mol. The Morgan fingerprint density at radius 2 is 2.24 bits per heavy atom. The number of carbonyl (C=O) groups excluding carboxylic acids is 1. The Hall–Kier alpha value is -1.17. The van der Waals surface area contributed by atoms with Crippen molar-refractivity contribution in [3.63, 3.8) is 0 Å². The summed E-state index contributed by atoms with van der Waals surface area (Å²) in [5.74, 6) is -0.599. The summed E-state index contributed by atoms with van der Waals surface area (Å²) in [5, 5.41) is 10.1. The number of aliphatic hydroxyl groups excluding tert-OH is 1. The number of amides is 1. The standard InChI is InChI=1S/C15H20ClFN2O2/c1-18(2)8-11-5-6-19(9-14(11)20)15(21)10-3-4-13(17)12(16)7-10/h3-4,7,11,14,20H,5-6,8-9H2,1-2H3/t11-,14+/m0/s1. The van der Waals surface area contributed by atoms with Crippen LogP contribution in [0.2, 0.25) is 5.02 Å². The summed E-state index contributed by atoms with van der Waals surface area (Å²) in [6, 6.07) is 3.93. The van der Waals surface area contributed by atoms with Crippen LogP contribution in [0.3, 0.4) is 0 Å². The number of likely N-dealkylation sites (tertiary alicyclic amines) is 1. The number of hydrogen-bond acceptors (Lipinski definition) is 3. The second-order valence-corrected chi connectivity index (χ2v) is 6.17. The normalized spacial score (nSPS) is 22.7. The Bertz CT molecular complexity index is 524. The molecule has 1 aromatic carbocycles. The highest BCUT2D eigenvalue weighted by molar-refractivity contribution is 6.31. The van der Waals surface area contributed by atoms with Gasteiger partial charge in [-0.25, -0.2) is 4.39 Å². The van der Waals surface area contributed by atoms with Crippen LogP contribution >= 0.6 is 11.6 Å². The van der Waals surface area contributed by atoms with E-state index in [-0.39, 0.29) is 16.8 Å². The lowest BCUT2D eigenvalue weighted by atomic mass is 9.93. The van der Waals surface area contributed by atoms with Gasteiger partial charge >= 0.3 is 0 Å². The van der Waals surface area contributed by atoms with E-state index >= 15 is 0 Å². The molecule has 116 valence electrons. The maximum absolute atomic E-state index is 13.1. The van der Waals surface area contributed by atoms with Crippen molar-refractivity contribution in [1.82, 2.24) is 9.80 Å². The summed E-state index contributed by atoms with van der Waals surface area (Å²) in [4.78, 5) is 16.0. The van der Waals surface area contributed by atoms with Crippen molar-refractivity contribution < 1.29 is 14.3 Å². The predicted octanol–water partition coefficient (Wildman–Crippen LogP) is 1.86. The number of halogens is 2. The molecule has 1 N–H and O–H groups in total. The molecule has 2 rings (SSSR count). The number of piperidine rings is 1. The molecule has 21 heavy (non-hydrogen) atoms. The van der Waals surface area contributed by atoms with E-state index in [2.05, 4.69) is 0 Å². The molecule has 0 radical (unpaired) electrons. The van der Waals surface area contributed by atoms with E-state index in [0.717, 1.165) is 13.0 Å². The number of nitrogens with zero attached hydrogens (tertiary/aromatic N) is 2. The molecule has 0 bridgehead atoms. The third-order valence-corrected chi connectivity index (χ3v) is 4.06. The van der Waals surface area contributed by atoms with Gasteiger partial charge in [-0.2, -0.15) is 0 Å². The van der Waals surface area contributed by atoms with Crippen LogP contribution in [-0.2, 0) is 0 Å². The van der Waals surface area contributed by atoms with Gasteiger partial charge in [0.15, 0.2) is 0 Å². The monoisotopic (exact) mass is 314 g/mol. The predicted molar refractivity (Wildman–Crippen MR) is 80.0 cm³/mol. The minimum Gasteiger partial charge on any atom is -0.391 e. The molecule has 0 spiro atoms. The van der Waals surface area contributed by atoms with Gasteiger partial charge in [-0.05, 0) is 38.7 Å². The average molecular weight is 315 g/mol. The highest BCUT2D eigenvalue weighted by Crippen LogP contribution is 2.22. The third-order valence-electron chi connectivity index (χ3n) is 3.77. The van der Waals surface area contributed by atoms with Crippen LogP contribution in [0.25, 0.3) is 0 Å². The Labute approximate surface area is 129 Å². The third kappa shape index (κ3) is 3.93. The topological polar surface area (TPSA) is 43.8 Å². The molecule has 1 aliphatic heterocycles. The molecule has 1 saturated heterocycles. The van der Waals surface area contributed by atoms with Crippen molar-refractivity contribution in [1.29, 1.82) is 0 Å². The molecule has 6 heteroatoms. The second-order valence-electron chi connectivity index (χ2n) is 5.76. The van der Waals surface area contributed by atoms with Crippen LogP contribution in [0.4, 0.5) is 4.39 Å². The smallest absolute Gasteiger partial charge is 0.253 e. The van der Waals surface area contributed by atoms with Gasteiger partial charge in [-0.15, -0.1) is 0 Å². The van der Waals surface area contributed by atoms with E-state index < -0.39 is 11.9 Å². The number of rotatable bonds is 3. The van der Waals surface area contributed by atoms with Gasteiger partial charge < -0.3 is 14.9 Å². The summed E-state index contributed by atoms with van der Waals surface area (Å²) >= 11 is 5.71. The van der Waals surface area contributed by atoms with Crippen molar-refractivity contribution in [3.05, 3.63) is 34.6 Å². The zero-order chi connectivity index (χ0) is 15.6.